The van der Waals surface area contributed by atoms with Crippen LogP contribution in [0.5, 0.6) is 0 Å². The molecule has 1 unspecified atom stereocenters. The first-order valence-corrected chi connectivity index (χ1v) is 9.13. The molecule has 1 aromatic heterocycles. The van der Waals surface area contributed by atoms with E-state index >= 15 is 0 Å². The second-order valence-electron chi connectivity index (χ2n) is 5.59. The van der Waals surface area contributed by atoms with Crippen LogP contribution in [0.25, 0.3) is 0 Å². The van der Waals surface area contributed by atoms with E-state index in [1.807, 2.05) is 24.3 Å². The Kier molecular flexibility index (Phi) is 4.23. The Hall–Kier alpha value is -2.12. The number of nitrogens with zero attached hydrogens (tertiary/aromatic N) is 1. The molecule has 0 fully saturated rings. The molecule has 0 aliphatic carbocycles. The summed E-state index contributed by atoms with van der Waals surface area (Å²) in [6.45, 7) is 0.454. The van der Waals surface area contributed by atoms with Gasteiger partial charge >= 0.3 is 0 Å². The summed E-state index contributed by atoms with van der Waals surface area (Å²) < 4.78 is 30.6. The summed E-state index contributed by atoms with van der Waals surface area (Å²) in [6, 6.07) is 10.3. The van der Waals surface area contributed by atoms with Crippen molar-refractivity contribution in [1.29, 1.82) is 0 Å². The average Bonchev–Trinajstić information content (AvgIpc) is 3.04. The maximum atomic E-state index is 12.5. The van der Waals surface area contributed by atoms with E-state index in [1.54, 1.807) is 12.1 Å². The first kappa shape index (κ1) is 15.8. The topological polar surface area (TPSA) is 79.6 Å². The molecule has 0 spiro atoms. The van der Waals surface area contributed by atoms with Crippen LogP contribution in [-0.2, 0) is 34.3 Å². The Morgan fingerprint density at radius 3 is 2.65 bits per heavy atom. The van der Waals surface area contributed by atoms with Crippen LogP contribution in [0.15, 0.2) is 47.1 Å². The zero-order valence-electron chi connectivity index (χ0n) is 12.7. The number of rotatable bonds is 4. The van der Waals surface area contributed by atoms with E-state index in [-0.39, 0.29) is 19.0 Å². The predicted octanol–water partition coefficient (Wildman–Crippen LogP) is 1.28. The normalized spacial score (nSPS) is 18.4. The highest BCUT2D eigenvalue weighted by atomic mass is 32.2. The molecule has 122 valence electrons. The van der Waals surface area contributed by atoms with Crippen molar-refractivity contribution >= 4 is 15.9 Å². The van der Waals surface area contributed by atoms with Gasteiger partial charge < -0.3 is 9.73 Å². The van der Waals surface area contributed by atoms with Crippen LogP contribution in [0.1, 0.15) is 16.9 Å². The van der Waals surface area contributed by atoms with Gasteiger partial charge in [-0.15, -0.1) is 0 Å². The van der Waals surface area contributed by atoms with Crippen molar-refractivity contribution in [2.24, 2.45) is 0 Å². The molecule has 6 nitrogen and oxygen atoms in total. The molecule has 7 heteroatoms. The zero-order chi connectivity index (χ0) is 16.4. The molecule has 1 aliphatic heterocycles. The first-order valence-electron chi connectivity index (χ1n) is 7.29. The standard InChI is InChI=1S/C16H18N2O4S/c1-23(20,21)18-11-13-6-3-2-5-12(13)9-15(18)16(19)17-10-14-7-4-8-22-14/h2-8,15H,9-11H2,1H3,(H,17,19). The molecule has 1 amide bonds. The summed E-state index contributed by atoms with van der Waals surface area (Å²) in [5.41, 5.74) is 1.94. The Balaban J connectivity index is 1.81. The van der Waals surface area contributed by atoms with Gasteiger partial charge in [-0.1, -0.05) is 24.3 Å². The lowest BCUT2D eigenvalue weighted by atomic mass is 9.95. The third kappa shape index (κ3) is 3.46. The lowest BCUT2D eigenvalue weighted by molar-refractivity contribution is -0.125. The molecule has 23 heavy (non-hydrogen) atoms. The summed E-state index contributed by atoms with van der Waals surface area (Å²) in [5, 5.41) is 2.75. The molecule has 1 atom stereocenters. The van der Waals surface area contributed by atoms with Crippen molar-refractivity contribution in [3.8, 4) is 0 Å². The van der Waals surface area contributed by atoms with Crippen molar-refractivity contribution in [3.63, 3.8) is 0 Å². The van der Waals surface area contributed by atoms with Crippen LogP contribution in [-0.4, -0.2) is 30.9 Å². The van der Waals surface area contributed by atoms with Crippen LogP contribution < -0.4 is 5.32 Å². The summed E-state index contributed by atoms with van der Waals surface area (Å²) in [6.07, 6.45) is 3.03. The zero-order valence-corrected chi connectivity index (χ0v) is 13.5. The van der Waals surface area contributed by atoms with Crippen LogP contribution in [0.3, 0.4) is 0 Å². The molecule has 1 aliphatic rings. The van der Waals surface area contributed by atoms with Gasteiger partial charge in [-0.3, -0.25) is 4.79 Å². The number of amides is 1. The van der Waals surface area contributed by atoms with Crippen LogP contribution in [0.2, 0.25) is 0 Å². The minimum absolute atomic E-state index is 0.216. The molecule has 1 N–H and O–H groups in total. The van der Waals surface area contributed by atoms with E-state index in [4.69, 9.17) is 4.42 Å². The molecule has 2 aromatic rings. The van der Waals surface area contributed by atoms with Crippen LogP contribution in [0.4, 0.5) is 0 Å². The van der Waals surface area contributed by atoms with Gasteiger partial charge in [0, 0.05) is 6.54 Å². The van der Waals surface area contributed by atoms with E-state index in [0.29, 0.717) is 12.2 Å². The molecular formula is C16H18N2O4S. The average molecular weight is 334 g/mol. The van der Waals surface area contributed by atoms with Gasteiger partial charge in [0.1, 0.15) is 11.8 Å². The van der Waals surface area contributed by atoms with Crippen molar-refractivity contribution < 1.29 is 17.6 Å². The predicted molar refractivity (Wildman–Crippen MR) is 84.9 cm³/mol. The van der Waals surface area contributed by atoms with Crippen molar-refractivity contribution in [2.75, 3.05) is 6.26 Å². The summed E-state index contributed by atoms with van der Waals surface area (Å²) in [5.74, 6) is 0.307. The Morgan fingerprint density at radius 2 is 2.00 bits per heavy atom. The van der Waals surface area contributed by atoms with Crippen molar-refractivity contribution in [1.82, 2.24) is 9.62 Å². The smallest absolute Gasteiger partial charge is 0.239 e. The summed E-state index contributed by atoms with van der Waals surface area (Å²) in [7, 11) is -3.49. The number of hydrogen-bond donors (Lipinski definition) is 1. The minimum atomic E-state index is -3.49. The fraction of sp³-hybridized carbons (Fsp3) is 0.312. The highest BCUT2D eigenvalue weighted by molar-refractivity contribution is 7.88. The molecule has 2 heterocycles. The molecule has 0 saturated carbocycles. The Morgan fingerprint density at radius 1 is 1.26 bits per heavy atom. The second-order valence-corrected chi connectivity index (χ2v) is 7.53. The monoisotopic (exact) mass is 334 g/mol. The number of hydrogen-bond acceptors (Lipinski definition) is 4. The van der Waals surface area contributed by atoms with Gasteiger partial charge in [0.25, 0.3) is 0 Å². The minimum Gasteiger partial charge on any atom is -0.467 e. The van der Waals surface area contributed by atoms with Crippen molar-refractivity contribution in [2.45, 2.75) is 25.6 Å². The Labute approximate surface area is 135 Å². The number of benzene rings is 1. The van der Waals surface area contributed by atoms with Crippen LogP contribution >= 0.6 is 0 Å². The molecule has 0 bridgehead atoms. The SMILES string of the molecule is CS(=O)(=O)N1Cc2ccccc2CC1C(=O)NCc1ccco1. The quantitative estimate of drug-likeness (QED) is 0.913. The highest BCUT2D eigenvalue weighted by Gasteiger charge is 2.36. The van der Waals surface area contributed by atoms with Crippen molar-refractivity contribution in [3.05, 3.63) is 59.5 Å². The second kappa shape index (κ2) is 6.17. The highest BCUT2D eigenvalue weighted by Crippen LogP contribution is 2.25. The van der Waals surface area contributed by atoms with Gasteiger partial charge in [-0.25, -0.2) is 8.42 Å². The molecule has 0 radical (unpaired) electrons. The third-order valence-corrected chi connectivity index (χ3v) is 5.19. The van der Waals surface area contributed by atoms with Gasteiger partial charge in [-0.05, 0) is 29.7 Å². The third-order valence-electron chi connectivity index (χ3n) is 3.95. The van der Waals surface area contributed by atoms with Gasteiger partial charge in [0.05, 0.1) is 19.1 Å². The van der Waals surface area contributed by atoms with E-state index in [9.17, 15) is 13.2 Å². The number of fused-ring (bicyclic) bond motifs is 1. The number of furan rings is 1. The van der Waals surface area contributed by atoms with E-state index in [0.717, 1.165) is 17.4 Å². The van der Waals surface area contributed by atoms with Gasteiger partial charge in [0.15, 0.2) is 0 Å². The molecule has 3 rings (SSSR count). The van der Waals surface area contributed by atoms with Gasteiger partial charge in [-0.2, -0.15) is 4.31 Å². The maximum absolute atomic E-state index is 12.5. The number of carbonyl (C=O) groups is 1. The summed E-state index contributed by atoms with van der Waals surface area (Å²) >= 11 is 0. The number of carbonyl (C=O) groups excluding carboxylic acids is 1. The number of sulfonamides is 1. The molecular weight excluding hydrogens is 316 g/mol. The lowest BCUT2D eigenvalue weighted by Gasteiger charge is -2.34. The number of nitrogens with one attached hydrogen (secondary N) is 1. The molecule has 0 saturated heterocycles. The summed E-state index contributed by atoms with van der Waals surface area (Å²) in [4.78, 5) is 12.5. The van der Waals surface area contributed by atoms with Gasteiger partial charge in [0.2, 0.25) is 15.9 Å². The maximum Gasteiger partial charge on any atom is 0.239 e. The van der Waals surface area contributed by atoms with E-state index < -0.39 is 16.1 Å². The fourth-order valence-electron chi connectivity index (χ4n) is 2.78. The first-order chi connectivity index (χ1) is 10.9. The lowest BCUT2D eigenvalue weighted by Crippen LogP contribution is -2.52. The Bertz CT molecular complexity index is 799. The fourth-order valence-corrected chi connectivity index (χ4v) is 3.78. The van der Waals surface area contributed by atoms with E-state index in [2.05, 4.69) is 5.32 Å². The molecule has 1 aromatic carbocycles. The van der Waals surface area contributed by atoms with E-state index in [1.165, 1.54) is 10.6 Å². The van der Waals surface area contributed by atoms with Crippen LogP contribution in [0, 0.1) is 0 Å². The largest absolute Gasteiger partial charge is 0.467 e.